The van der Waals surface area contributed by atoms with Crippen molar-refractivity contribution < 1.29 is 9.47 Å². The Morgan fingerprint density at radius 3 is 1.11 bits per heavy atom. The number of nitrogens with zero attached hydrogens (tertiary/aromatic N) is 4. The van der Waals surface area contributed by atoms with Crippen LogP contribution in [0.25, 0.3) is 117 Å². The number of rotatable bonds is 27. The van der Waals surface area contributed by atoms with Crippen molar-refractivity contribution in [3.8, 4) is 85.3 Å². The van der Waals surface area contributed by atoms with Crippen molar-refractivity contribution >= 4 is 112 Å². The highest BCUT2D eigenvalue weighted by Crippen LogP contribution is 2.49. The summed E-state index contributed by atoms with van der Waals surface area (Å²) in [4.78, 5) is 7.22. The first kappa shape index (κ1) is 54.5. The van der Waals surface area contributed by atoms with Gasteiger partial charge in [-0.05, 0) is 117 Å². The van der Waals surface area contributed by atoms with E-state index in [4.69, 9.17) is 27.0 Å². The van der Waals surface area contributed by atoms with Gasteiger partial charge in [-0.2, -0.15) is 17.5 Å². The SMILES string of the molecule is CCCCCCCCCCOc1ccc2cc(-c3ccc(-c4ccc(-c5cccs5)c5nsnc45)s3)ccc2c1-c1c(OCCCCCCCCCC)ccc2cc(-c3ccc(-c4ccc(-c5cccs5)c5nsnc45)s3)ccc12. The van der Waals surface area contributed by atoms with E-state index in [1.807, 2.05) is 22.7 Å². The van der Waals surface area contributed by atoms with Gasteiger partial charge in [-0.25, -0.2) is 0 Å². The minimum Gasteiger partial charge on any atom is -0.493 e. The zero-order chi connectivity index (χ0) is 54.0. The summed E-state index contributed by atoms with van der Waals surface area (Å²) in [6.45, 7) is 5.92. The van der Waals surface area contributed by atoms with E-state index in [0.29, 0.717) is 13.2 Å². The van der Waals surface area contributed by atoms with Gasteiger partial charge in [0, 0.05) is 62.6 Å². The van der Waals surface area contributed by atoms with E-state index < -0.39 is 0 Å². The number of benzene rings is 6. The number of hydrogen-bond donors (Lipinski definition) is 0. The smallest absolute Gasteiger partial charge is 0.127 e. The van der Waals surface area contributed by atoms with Crippen LogP contribution < -0.4 is 9.47 Å². The number of fused-ring (bicyclic) bond motifs is 4. The Balaban J connectivity index is 0.900. The molecule has 6 aromatic heterocycles. The summed E-state index contributed by atoms with van der Waals surface area (Å²) in [6.07, 6.45) is 20.0. The molecule has 0 spiro atoms. The van der Waals surface area contributed by atoms with Gasteiger partial charge < -0.3 is 9.47 Å². The average molecular weight is 1160 g/mol. The van der Waals surface area contributed by atoms with Crippen LogP contribution in [-0.2, 0) is 0 Å². The quantitative estimate of drug-likeness (QED) is 0.0478. The van der Waals surface area contributed by atoms with Crippen LogP contribution in [0.4, 0.5) is 0 Å². The lowest BCUT2D eigenvalue weighted by atomic mass is 9.90. The monoisotopic (exact) mass is 1160 g/mol. The maximum Gasteiger partial charge on any atom is 0.127 e. The summed E-state index contributed by atoms with van der Waals surface area (Å²) in [7, 11) is 0. The van der Waals surface area contributed by atoms with Gasteiger partial charge in [0.05, 0.1) is 36.7 Å². The van der Waals surface area contributed by atoms with Crippen LogP contribution in [0.3, 0.4) is 0 Å². The Bertz CT molecular complexity index is 3720. The molecule has 0 N–H and O–H groups in total. The molecule has 6 nitrogen and oxygen atoms in total. The molecule has 6 aromatic carbocycles. The van der Waals surface area contributed by atoms with Crippen LogP contribution in [0.5, 0.6) is 11.5 Å². The predicted molar refractivity (Wildman–Crippen MR) is 349 cm³/mol. The van der Waals surface area contributed by atoms with Gasteiger partial charge in [0.25, 0.3) is 0 Å². The van der Waals surface area contributed by atoms with Crippen LogP contribution in [0, 0.1) is 0 Å². The summed E-state index contributed by atoms with van der Waals surface area (Å²) in [6, 6.07) is 49.3. The van der Waals surface area contributed by atoms with Crippen molar-refractivity contribution in [2.75, 3.05) is 13.2 Å². The maximum absolute atomic E-state index is 7.00. The Kier molecular flexibility index (Phi) is 17.8. The fourth-order valence-corrected chi connectivity index (χ4v) is 15.9. The first-order valence-electron chi connectivity index (χ1n) is 28.8. The first-order valence-corrected chi connectivity index (χ1v) is 33.7. The topological polar surface area (TPSA) is 70.0 Å². The van der Waals surface area contributed by atoms with E-state index in [1.165, 1.54) is 165 Å². The molecule has 0 aliphatic heterocycles. The molecule has 406 valence electrons. The molecule has 0 amide bonds. The van der Waals surface area contributed by atoms with E-state index in [-0.39, 0.29) is 0 Å². The molecule has 12 aromatic rings. The lowest BCUT2D eigenvalue weighted by Crippen LogP contribution is -2.03. The molecule has 0 aliphatic carbocycles. The lowest BCUT2D eigenvalue weighted by molar-refractivity contribution is 0.301. The Morgan fingerprint density at radius 1 is 0.350 bits per heavy atom. The molecular formula is C68H66N4O2S6. The summed E-state index contributed by atoms with van der Waals surface area (Å²) >= 11 is 9.67. The first-order chi connectivity index (χ1) is 39.6. The molecule has 12 rings (SSSR count). The molecular weight excluding hydrogens is 1100 g/mol. The normalized spacial score (nSPS) is 11.8. The third-order valence-corrected chi connectivity index (χ3v) is 20.6. The Hall–Kier alpha value is -6.12. The molecule has 0 unspecified atom stereocenters. The molecule has 0 saturated heterocycles. The van der Waals surface area contributed by atoms with E-state index in [1.54, 1.807) is 22.7 Å². The average Bonchev–Trinajstić information content (AvgIpc) is 4.47. The fraction of sp³-hybridized carbons (Fsp3) is 0.294. The molecule has 0 saturated carbocycles. The van der Waals surface area contributed by atoms with Crippen molar-refractivity contribution in [1.82, 2.24) is 17.5 Å². The van der Waals surface area contributed by atoms with Crippen molar-refractivity contribution in [2.45, 2.75) is 117 Å². The number of hydrogen-bond acceptors (Lipinski definition) is 12. The van der Waals surface area contributed by atoms with Crippen molar-refractivity contribution in [3.05, 3.63) is 144 Å². The highest BCUT2D eigenvalue weighted by molar-refractivity contribution is 7.19. The molecule has 0 aliphatic rings. The van der Waals surface area contributed by atoms with E-state index in [2.05, 4.69) is 158 Å². The van der Waals surface area contributed by atoms with Gasteiger partial charge in [0.1, 0.15) is 33.6 Å². The van der Waals surface area contributed by atoms with Gasteiger partial charge in [-0.3, -0.25) is 0 Å². The number of unbranched alkanes of at least 4 members (excludes halogenated alkanes) is 14. The summed E-state index contributed by atoms with van der Waals surface area (Å²) in [5.74, 6) is 1.81. The van der Waals surface area contributed by atoms with Crippen molar-refractivity contribution in [2.24, 2.45) is 0 Å². The van der Waals surface area contributed by atoms with E-state index in [9.17, 15) is 0 Å². The molecule has 12 heteroatoms. The van der Waals surface area contributed by atoms with Crippen molar-refractivity contribution in [1.29, 1.82) is 0 Å². The van der Waals surface area contributed by atoms with Crippen LogP contribution in [-0.4, -0.2) is 30.7 Å². The number of thiophene rings is 4. The molecule has 6 heterocycles. The number of ether oxygens (including phenoxy) is 2. The standard InChI is InChI=1S/C68H66N4O2S6/c1-3-5-7-9-11-13-15-17-39-73-55-33-25-45-43-47(57-35-37-61(77-57)53-31-29-51(59-21-19-41-75-59)65-67(53)71-79-69-65)23-27-49(45)63(55)64-50-28-24-48(44-46(50)26-34-56(64)74-40-18-16-14-12-10-8-6-4-2)58-36-38-62(78-58)54-32-30-52(60-22-20-42-76-60)66-68(54)72-80-70-66/h19-38,41-44H,3-18,39-40H2,1-2H3. The zero-order valence-electron chi connectivity index (χ0n) is 45.6. The fourth-order valence-electron chi connectivity index (χ4n) is 11.2. The Labute approximate surface area is 494 Å². The highest BCUT2D eigenvalue weighted by atomic mass is 32.1. The van der Waals surface area contributed by atoms with Crippen molar-refractivity contribution in [3.63, 3.8) is 0 Å². The summed E-state index contributed by atoms with van der Waals surface area (Å²) < 4.78 is 33.2. The van der Waals surface area contributed by atoms with Gasteiger partial charge >= 0.3 is 0 Å². The van der Waals surface area contributed by atoms with Crippen LogP contribution in [0.1, 0.15) is 117 Å². The molecule has 0 fully saturated rings. The third kappa shape index (κ3) is 11.9. The molecule has 0 bridgehead atoms. The molecule has 0 radical (unpaired) electrons. The molecule has 0 atom stereocenters. The second-order valence-electron chi connectivity index (χ2n) is 20.9. The second kappa shape index (κ2) is 26.2. The largest absolute Gasteiger partial charge is 0.493 e. The van der Waals surface area contributed by atoms with Gasteiger partial charge in [-0.15, -0.1) is 45.3 Å². The summed E-state index contributed by atoms with van der Waals surface area (Å²) in [5, 5.41) is 8.88. The zero-order valence-corrected chi connectivity index (χ0v) is 50.5. The predicted octanol–water partition coefficient (Wildman–Crippen LogP) is 23.0. The van der Waals surface area contributed by atoms with E-state index >= 15 is 0 Å². The lowest BCUT2D eigenvalue weighted by Gasteiger charge is -2.20. The van der Waals surface area contributed by atoms with Gasteiger partial charge in [0.2, 0.25) is 0 Å². The second-order valence-corrected chi connectivity index (χ2v) is 26.0. The minimum absolute atomic E-state index is 0.670. The Morgan fingerprint density at radius 2 is 0.725 bits per heavy atom. The van der Waals surface area contributed by atoms with E-state index in [0.717, 1.165) is 90.6 Å². The maximum atomic E-state index is 7.00. The van der Waals surface area contributed by atoms with Crippen LogP contribution in [0.15, 0.2) is 144 Å². The number of aromatic nitrogens is 4. The van der Waals surface area contributed by atoms with Gasteiger partial charge in [-0.1, -0.05) is 177 Å². The molecule has 80 heavy (non-hydrogen) atoms. The minimum atomic E-state index is 0.670. The van der Waals surface area contributed by atoms with Crippen LogP contribution in [0.2, 0.25) is 0 Å². The van der Waals surface area contributed by atoms with Crippen LogP contribution >= 0.6 is 68.8 Å². The third-order valence-electron chi connectivity index (χ3n) is 15.4. The highest BCUT2D eigenvalue weighted by Gasteiger charge is 2.23. The van der Waals surface area contributed by atoms with Gasteiger partial charge in [0.15, 0.2) is 0 Å². The summed E-state index contributed by atoms with van der Waals surface area (Å²) in [5.41, 5.74) is 13.0.